The maximum atomic E-state index is 11.7. The summed E-state index contributed by atoms with van der Waals surface area (Å²) in [6.07, 6.45) is 4.45. The highest BCUT2D eigenvalue weighted by Gasteiger charge is 2.40. The average Bonchev–Trinajstić information content (AvgIpc) is 3.33. The molecule has 2 aliphatic rings. The second-order valence-corrected chi connectivity index (χ2v) is 8.38. The molecule has 8 heteroatoms. The van der Waals surface area contributed by atoms with E-state index >= 15 is 0 Å². The second kappa shape index (κ2) is 9.03. The van der Waals surface area contributed by atoms with Crippen LogP contribution < -0.4 is 0 Å². The molecule has 1 aromatic heterocycles. The highest BCUT2D eigenvalue weighted by Crippen LogP contribution is 2.47. The molecule has 0 aliphatic heterocycles. The van der Waals surface area contributed by atoms with E-state index in [2.05, 4.69) is 28.6 Å². The van der Waals surface area contributed by atoms with Crippen LogP contribution in [0.5, 0.6) is 0 Å². The Morgan fingerprint density at radius 2 is 1.96 bits per heavy atom. The fraction of sp³-hybridized carbons (Fsp3) is 0.800. The van der Waals surface area contributed by atoms with Crippen molar-refractivity contribution in [1.82, 2.24) is 14.8 Å². The first-order valence-electron chi connectivity index (χ1n) is 10.3. The van der Waals surface area contributed by atoms with Crippen LogP contribution in [0.25, 0.3) is 0 Å². The molecule has 0 radical (unpaired) electrons. The van der Waals surface area contributed by atoms with Gasteiger partial charge in [-0.1, -0.05) is 13.8 Å². The summed E-state index contributed by atoms with van der Waals surface area (Å²) in [5.74, 6) is 1.77. The van der Waals surface area contributed by atoms with E-state index in [0.717, 1.165) is 37.4 Å². The predicted molar refractivity (Wildman–Crippen MR) is 101 cm³/mol. The standard InChI is InChI=1S/C20H31N3O5/c1-4-27-18(26)11-28-16(10-17(24)25)20-22-21-19(23(20)15-5-6-15)14-8-13(9-14)7-12(2)3/h12-16H,4-11H2,1-3H3,(H,24,25)/t13?,14?,16-/m0/s1. The fourth-order valence-electron chi connectivity index (χ4n) is 4.08. The number of carbonyl (C=O) groups is 2. The number of carbonyl (C=O) groups excluding carboxylic acids is 1. The molecule has 2 fully saturated rings. The summed E-state index contributed by atoms with van der Waals surface area (Å²) >= 11 is 0. The van der Waals surface area contributed by atoms with Gasteiger partial charge >= 0.3 is 11.9 Å². The molecule has 0 saturated heterocycles. The lowest BCUT2D eigenvalue weighted by Gasteiger charge is -2.36. The highest BCUT2D eigenvalue weighted by molar-refractivity contribution is 5.71. The van der Waals surface area contributed by atoms with Crippen molar-refractivity contribution in [2.75, 3.05) is 13.2 Å². The smallest absolute Gasteiger partial charge is 0.332 e. The Hall–Kier alpha value is -1.96. The summed E-state index contributed by atoms with van der Waals surface area (Å²) in [7, 11) is 0. The zero-order valence-electron chi connectivity index (χ0n) is 17.0. The summed E-state index contributed by atoms with van der Waals surface area (Å²) in [5, 5.41) is 18.0. The van der Waals surface area contributed by atoms with E-state index < -0.39 is 18.0 Å². The summed E-state index contributed by atoms with van der Waals surface area (Å²) in [5.41, 5.74) is 0. The molecule has 1 N–H and O–H groups in total. The van der Waals surface area contributed by atoms with Crippen molar-refractivity contribution in [2.24, 2.45) is 11.8 Å². The Labute approximate surface area is 165 Å². The summed E-state index contributed by atoms with van der Waals surface area (Å²) < 4.78 is 12.6. The van der Waals surface area contributed by atoms with Gasteiger partial charge in [0.05, 0.1) is 13.0 Å². The van der Waals surface area contributed by atoms with Crippen LogP contribution in [0.2, 0.25) is 0 Å². The van der Waals surface area contributed by atoms with Gasteiger partial charge in [-0.05, 0) is 50.9 Å². The molecular weight excluding hydrogens is 362 g/mol. The van der Waals surface area contributed by atoms with Crippen molar-refractivity contribution in [3.63, 3.8) is 0 Å². The molecule has 0 unspecified atom stereocenters. The van der Waals surface area contributed by atoms with Crippen molar-refractivity contribution in [1.29, 1.82) is 0 Å². The van der Waals surface area contributed by atoms with Crippen LogP contribution in [-0.2, 0) is 19.1 Å². The predicted octanol–water partition coefficient (Wildman–Crippen LogP) is 3.25. The van der Waals surface area contributed by atoms with Gasteiger partial charge in [-0.15, -0.1) is 10.2 Å². The average molecular weight is 393 g/mol. The van der Waals surface area contributed by atoms with E-state index in [0.29, 0.717) is 23.7 Å². The van der Waals surface area contributed by atoms with Gasteiger partial charge in [-0.3, -0.25) is 4.79 Å². The molecule has 0 bridgehead atoms. The fourth-order valence-corrected chi connectivity index (χ4v) is 4.08. The summed E-state index contributed by atoms with van der Waals surface area (Å²) in [6.45, 7) is 6.17. The quantitative estimate of drug-likeness (QED) is 0.576. The molecule has 28 heavy (non-hydrogen) atoms. The normalized spacial score (nSPS) is 22.7. The van der Waals surface area contributed by atoms with Crippen molar-refractivity contribution < 1.29 is 24.2 Å². The Balaban J connectivity index is 1.74. The molecule has 0 spiro atoms. The van der Waals surface area contributed by atoms with E-state index in [1.165, 1.54) is 6.42 Å². The number of nitrogens with zero attached hydrogens (tertiary/aromatic N) is 3. The third-order valence-electron chi connectivity index (χ3n) is 5.42. The topological polar surface area (TPSA) is 104 Å². The molecule has 0 aromatic carbocycles. The lowest BCUT2D eigenvalue weighted by molar-refractivity contribution is -0.154. The van der Waals surface area contributed by atoms with Crippen molar-refractivity contribution >= 4 is 11.9 Å². The molecule has 0 amide bonds. The Bertz CT molecular complexity index is 692. The third kappa shape index (κ3) is 5.10. The summed E-state index contributed by atoms with van der Waals surface area (Å²) in [6, 6.07) is 0.312. The van der Waals surface area contributed by atoms with E-state index in [-0.39, 0.29) is 19.6 Å². The Morgan fingerprint density at radius 1 is 1.25 bits per heavy atom. The van der Waals surface area contributed by atoms with Gasteiger partial charge in [0.25, 0.3) is 0 Å². The maximum Gasteiger partial charge on any atom is 0.332 e. The number of hydrogen-bond donors (Lipinski definition) is 1. The molecule has 3 rings (SSSR count). The number of carboxylic acid groups (broad SMARTS) is 1. The number of rotatable bonds is 11. The second-order valence-electron chi connectivity index (χ2n) is 8.38. The number of aliphatic carboxylic acids is 1. The van der Waals surface area contributed by atoms with E-state index in [4.69, 9.17) is 9.47 Å². The minimum atomic E-state index is -0.999. The lowest BCUT2D eigenvalue weighted by Crippen LogP contribution is -2.27. The largest absolute Gasteiger partial charge is 0.481 e. The maximum absolute atomic E-state index is 11.7. The van der Waals surface area contributed by atoms with Crippen LogP contribution in [0.4, 0.5) is 0 Å². The van der Waals surface area contributed by atoms with Gasteiger partial charge in [0.2, 0.25) is 0 Å². The lowest BCUT2D eigenvalue weighted by atomic mass is 9.71. The molecular formula is C20H31N3O5. The highest BCUT2D eigenvalue weighted by atomic mass is 16.6. The number of carboxylic acids is 1. The summed E-state index contributed by atoms with van der Waals surface area (Å²) in [4.78, 5) is 23.0. The molecule has 8 nitrogen and oxygen atoms in total. The first-order chi connectivity index (χ1) is 13.4. The van der Waals surface area contributed by atoms with Crippen LogP contribution in [0.15, 0.2) is 0 Å². The van der Waals surface area contributed by atoms with Gasteiger partial charge in [-0.2, -0.15) is 0 Å². The van der Waals surface area contributed by atoms with Gasteiger partial charge in [0.15, 0.2) is 5.82 Å². The first-order valence-corrected chi connectivity index (χ1v) is 10.3. The van der Waals surface area contributed by atoms with Crippen molar-refractivity contribution in [2.45, 2.75) is 77.4 Å². The zero-order chi connectivity index (χ0) is 20.3. The number of ether oxygens (including phenoxy) is 2. The first kappa shape index (κ1) is 20.8. The number of hydrogen-bond acceptors (Lipinski definition) is 6. The van der Waals surface area contributed by atoms with Crippen LogP contribution in [0.3, 0.4) is 0 Å². The van der Waals surface area contributed by atoms with Gasteiger partial charge < -0.3 is 19.1 Å². The molecule has 1 heterocycles. The molecule has 2 aliphatic carbocycles. The van der Waals surface area contributed by atoms with Crippen LogP contribution in [-0.4, -0.2) is 45.0 Å². The van der Waals surface area contributed by atoms with Crippen LogP contribution >= 0.6 is 0 Å². The third-order valence-corrected chi connectivity index (χ3v) is 5.42. The van der Waals surface area contributed by atoms with Gasteiger partial charge in [-0.25, -0.2) is 4.79 Å². The van der Waals surface area contributed by atoms with Crippen molar-refractivity contribution in [3.8, 4) is 0 Å². The molecule has 156 valence electrons. The van der Waals surface area contributed by atoms with Crippen LogP contribution in [0.1, 0.15) is 89.0 Å². The Kier molecular flexibility index (Phi) is 6.69. The number of aromatic nitrogens is 3. The van der Waals surface area contributed by atoms with E-state index in [1.54, 1.807) is 6.92 Å². The van der Waals surface area contributed by atoms with E-state index in [1.807, 2.05) is 0 Å². The number of esters is 1. The van der Waals surface area contributed by atoms with Crippen molar-refractivity contribution in [3.05, 3.63) is 11.6 Å². The van der Waals surface area contributed by atoms with Crippen LogP contribution in [0, 0.1) is 11.8 Å². The minimum Gasteiger partial charge on any atom is -0.481 e. The molecule has 1 aromatic rings. The van der Waals surface area contributed by atoms with Gasteiger partial charge in [0, 0.05) is 12.0 Å². The molecule has 2 saturated carbocycles. The monoisotopic (exact) mass is 393 g/mol. The zero-order valence-corrected chi connectivity index (χ0v) is 17.0. The van der Waals surface area contributed by atoms with E-state index in [9.17, 15) is 14.7 Å². The minimum absolute atomic E-state index is 0.257. The SMILES string of the molecule is CCOC(=O)CO[C@@H](CC(=O)O)c1nnc(C2CC(CC(C)C)C2)n1C1CC1. The van der Waals surface area contributed by atoms with Gasteiger partial charge in [0.1, 0.15) is 18.5 Å². The molecule has 1 atom stereocenters. The Morgan fingerprint density at radius 3 is 2.54 bits per heavy atom.